The highest BCUT2D eigenvalue weighted by Gasteiger charge is 1.97. The zero-order valence-corrected chi connectivity index (χ0v) is 19.9. The number of carboxylic acids is 1. The second-order valence-electron chi connectivity index (χ2n) is 8.99. The summed E-state index contributed by atoms with van der Waals surface area (Å²) in [4.78, 5) is 10.4. The first-order valence-corrected chi connectivity index (χ1v) is 13.2. The highest BCUT2D eigenvalue weighted by atomic mass is 16.4. The molecule has 0 rings (SSSR count). The van der Waals surface area contributed by atoms with Crippen molar-refractivity contribution in [1.29, 1.82) is 0 Å². The van der Waals surface area contributed by atoms with Crippen molar-refractivity contribution in [3.05, 3.63) is 12.2 Å². The number of unbranched alkanes of at least 4 members (excludes halogenated alkanes) is 20. The average molecular weight is 425 g/mol. The Hall–Kier alpha value is -0.830. The molecule has 3 nitrogen and oxygen atoms in total. The predicted molar refractivity (Wildman–Crippen MR) is 130 cm³/mol. The molecule has 0 atom stereocenters. The van der Waals surface area contributed by atoms with Crippen LogP contribution in [-0.2, 0) is 4.79 Å². The SMILES string of the molecule is O=C(O)CCCCCCCCCCCC=CCCCCCCCCCCCCCO. The number of aliphatic carboxylic acids is 1. The Kier molecular flexibility index (Phi) is 25.5. The van der Waals surface area contributed by atoms with E-state index in [1.54, 1.807) is 0 Å². The van der Waals surface area contributed by atoms with Gasteiger partial charge in [0, 0.05) is 13.0 Å². The van der Waals surface area contributed by atoms with Gasteiger partial charge in [0.05, 0.1) is 0 Å². The third-order valence-electron chi connectivity index (χ3n) is 5.96. The van der Waals surface area contributed by atoms with Crippen LogP contribution in [0, 0.1) is 0 Å². The Morgan fingerprint density at radius 1 is 0.467 bits per heavy atom. The van der Waals surface area contributed by atoms with Crippen LogP contribution in [0.15, 0.2) is 12.2 Å². The van der Waals surface area contributed by atoms with Gasteiger partial charge in [-0.15, -0.1) is 0 Å². The van der Waals surface area contributed by atoms with Crippen LogP contribution in [0.5, 0.6) is 0 Å². The third kappa shape index (κ3) is 27.2. The van der Waals surface area contributed by atoms with Crippen molar-refractivity contribution < 1.29 is 15.0 Å². The molecule has 0 saturated carbocycles. The highest BCUT2D eigenvalue weighted by Crippen LogP contribution is 2.13. The van der Waals surface area contributed by atoms with Crippen LogP contribution >= 0.6 is 0 Å². The molecule has 0 saturated heterocycles. The van der Waals surface area contributed by atoms with E-state index in [0.717, 1.165) is 19.3 Å². The second-order valence-corrected chi connectivity index (χ2v) is 8.99. The largest absolute Gasteiger partial charge is 0.481 e. The van der Waals surface area contributed by atoms with Crippen LogP contribution in [0.3, 0.4) is 0 Å². The molecule has 0 radical (unpaired) electrons. The molecule has 0 unspecified atom stereocenters. The van der Waals surface area contributed by atoms with Crippen molar-refractivity contribution in [3.8, 4) is 0 Å². The molecular formula is C27H52O3. The van der Waals surface area contributed by atoms with Crippen LogP contribution in [0.1, 0.15) is 148 Å². The Labute approximate surface area is 187 Å². The topological polar surface area (TPSA) is 57.5 Å². The maximum absolute atomic E-state index is 10.4. The summed E-state index contributed by atoms with van der Waals surface area (Å²) in [6, 6.07) is 0. The number of rotatable bonds is 25. The standard InChI is InChI=1S/C27H52O3/c28-26-24-22-20-18-16-14-12-10-8-6-4-2-1-3-5-7-9-11-13-15-17-19-21-23-25-27(29)30/h1,3,28H,2,4-26H2,(H,29,30). The molecule has 0 aromatic carbocycles. The molecule has 0 aliphatic heterocycles. The summed E-state index contributed by atoms with van der Waals surface area (Å²) in [6.07, 6.45) is 33.2. The number of aliphatic hydroxyl groups excluding tert-OH is 1. The molecule has 0 aliphatic rings. The molecule has 0 amide bonds. The smallest absolute Gasteiger partial charge is 0.303 e. The first kappa shape index (κ1) is 29.2. The van der Waals surface area contributed by atoms with Crippen LogP contribution in [-0.4, -0.2) is 22.8 Å². The first-order chi connectivity index (χ1) is 14.8. The zero-order chi connectivity index (χ0) is 22.0. The Morgan fingerprint density at radius 2 is 0.767 bits per heavy atom. The molecule has 0 bridgehead atoms. The third-order valence-corrected chi connectivity index (χ3v) is 5.96. The van der Waals surface area contributed by atoms with Crippen LogP contribution in [0.25, 0.3) is 0 Å². The normalized spacial score (nSPS) is 11.5. The molecule has 0 fully saturated rings. The monoisotopic (exact) mass is 424 g/mol. The van der Waals surface area contributed by atoms with E-state index in [1.165, 1.54) is 122 Å². The van der Waals surface area contributed by atoms with Crippen LogP contribution in [0.2, 0.25) is 0 Å². The lowest BCUT2D eigenvalue weighted by molar-refractivity contribution is -0.137. The van der Waals surface area contributed by atoms with Gasteiger partial charge in [-0.3, -0.25) is 4.79 Å². The number of carbonyl (C=O) groups is 1. The second kappa shape index (κ2) is 26.2. The minimum Gasteiger partial charge on any atom is -0.481 e. The molecule has 178 valence electrons. The summed E-state index contributed by atoms with van der Waals surface area (Å²) >= 11 is 0. The molecule has 0 aliphatic carbocycles. The van der Waals surface area contributed by atoms with Crippen LogP contribution in [0.4, 0.5) is 0 Å². The van der Waals surface area contributed by atoms with E-state index in [1.807, 2.05) is 0 Å². The van der Waals surface area contributed by atoms with E-state index in [-0.39, 0.29) is 0 Å². The van der Waals surface area contributed by atoms with Gasteiger partial charge >= 0.3 is 5.97 Å². The number of aliphatic hydroxyl groups is 1. The average Bonchev–Trinajstić information content (AvgIpc) is 2.73. The summed E-state index contributed by atoms with van der Waals surface area (Å²) in [5.41, 5.74) is 0. The van der Waals surface area contributed by atoms with E-state index in [4.69, 9.17) is 10.2 Å². The number of carboxylic acid groups (broad SMARTS) is 1. The Morgan fingerprint density at radius 3 is 1.10 bits per heavy atom. The summed E-state index contributed by atoms with van der Waals surface area (Å²) < 4.78 is 0. The van der Waals surface area contributed by atoms with E-state index >= 15 is 0 Å². The lowest BCUT2D eigenvalue weighted by Gasteiger charge is -2.02. The van der Waals surface area contributed by atoms with E-state index in [9.17, 15) is 4.79 Å². The van der Waals surface area contributed by atoms with E-state index in [2.05, 4.69) is 12.2 Å². The number of hydrogen-bond donors (Lipinski definition) is 2. The van der Waals surface area contributed by atoms with Gasteiger partial charge in [-0.1, -0.05) is 115 Å². The van der Waals surface area contributed by atoms with Crippen molar-refractivity contribution >= 4 is 5.97 Å². The van der Waals surface area contributed by atoms with Crippen molar-refractivity contribution in [2.24, 2.45) is 0 Å². The van der Waals surface area contributed by atoms with E-state index in [0.29, 0.717) is 13.0 Å². The maximum Gasteiger partial charge on any atom is 0.303 e. The fourth-order valence-corrected chi connectivity index (χ4v) is 3.98. The molecule has 3 heteroatoms. The summed E-state index contributed by atoms with van der Waals surface area (Å²) in [5.74, 6) is -0.660. The van der Waals surface area contributed by atoms with Gasteiger partial charge in [-0.25, -0.2) is 0 Å². The summed E-state index contributed by atoms with van der Waals surface area (Å²) in [7, 11) is 0. The molecule has 0 heterocycles. The van der Waals surface area contributed by atoms with Gasteiger partial charge in [0.25, 0.3) is 0 Å². The fourth-order valence-electron chi connectivity index (χ4n) is 3.98. The van der Waals surface area contributed by atoms with Gasteiger partial charge < -0.3 is 10.2 Å². The van der Waals surface area contributed by atoms with Gasteiger partial charge in [-0.2, -0.15) is 0 Å². The molecule has 0 spiro atoms. The predicted octanol–water partition coefficient (Wildman–Crippen LogP) is 8.59. The molecule has 30 heavy (non-hydrogen) atoms. The molecule has 2 N–H and O–H groups in total. The first-order valence-electron chi connectivity index (χ1n) is 13.2. The van der Waals surface area contributed by atoms with Crippen molar-refractivity contribution in [2.45, 2.75) is 148 Å². The number of allylic oxidation sites excluding steroid dienone is 2. The molecule has 0 aromatic rings. The molecule has 0 aromatic heterocycles. The zero-order valence-electron chi connectivity index (χ0n) is 19.9. The quantitative estimate of drug-likeness (QED) is 0.114. The lowest BCUT2D eigenvalue weighted by Crippen LogP contribution is -1.93. The van der Waals surface area contributed by atoms with Crippen molar-refractivity contribution in [2.75, 3.05) is 6.61 Å². The fraction of sp³-hybridized carbons (Fsp3) is 0.889. The summed E-state index contributed by atoms with van der Waals surface area (Å²) in [5, 5.41) is 17.3. The molecular weight excluding hydrogens is 372 g/mol. The minimum absolute atomic E-state index is 0.335. The van der Waals surface area contributed by atoms with Crippen molar-refractivity contribution in [3.63, 3.8) is 0 Å². The Balaban J connectivity index is 3.08. The van der Waals surface area contributed by atoms with Crippen molar-refractivity contribution in [1.82, 2.24) is 0 Å². The summed E-state index contributed by atoms with van der Waals surface area (Å²) in [6.45, 7) is 0.357. The highest BCUT2D eigenvalue weighted by molar-refractivity contribution is 5.66. The lowest BCUT2D eigenvalue weighted by atomic mass is 10.0. The van der Waals surface area contributed by atoms with E-state index < -0.39 is 5.97 Å². The van der Waals surface area contributed by atoms with Gasteiger partial charge in [0.2, 0.25) is 0 Å². The minimum atomic E-state index is -0.660. The van der Waals surface area contributed by atoms with Crippen LogP contribution < -0.4 is 0 Å². The van der Waals surface area contributed by atoms with Gasteiger partial charge in [0.1, 0.15) is 0 Å². The van der Waals surface area contributed by atoms with Gasteiger partial charge in [-0.05, 0) is 38.5 Å². The maximum atomic E-state index is 10.4. The number of hydrogen-bond acceptors (Lipinski definition) is 2. The Bertz CT molecular complexity index is 365. The van der Waals surface area contributed by atoms with Gasteiger partial charge in [0.15, 0.2) is 0 Å².